The molecule has 0 saturated carbocycles. The van der Waals surface area contributed by atoms with Crippen LogP contribution < -0.4 is 16.4 Å². The van der Waals surface area contributed by atoms with Gasteiger partial charge < -0.3 is 16.4 Å². The Morgan fingerprint density at radius 2 is 1.88 bits per heavy atom. The van der Waals surface area contributed by atoms with Gasteiger partial charge in [-0.3, -0.25) is 4.79 Å². The molecule has 1 atom stereocenters. The number of carbonyl (C=O) groups excluding carboxylic acids is 2. The summed E-state index contributed by atoms with van der Waals surface area (Å²) in [7, 11) is 0. The standard InChI is InChI=1S/C19H22BrN3O2S/c20-15-7-4-6-14(12-15)17(23-19(21)25)13-18(24)22-10-5-11-26-16-8-2-1-3-9-16/h1-4,6-9,12,17H,5,10-11,13H2,(H,22,24)(H3,21,23,25)/t17-/m1/s1. The van der Waals surface area contributed by atoms with Crippen molar-refractivity contribution in [3.05, 3.63) is 64.6 Å². The van der Waals surface area contributed by atoms with Gasteiger partial charge in [-0.15, -0.1) is 11.8 Å². The number of rotatable bonds is 9. The van der Waals surface area contributed by atoms with Gasteiger partial charge in [0.1, 0.15) is 0 Å². The van der Waals surface area contributed by atoms with Crippen LogP contribution >= 0.6 is 27.7 Å². The Labute approximate surface area is 166 Å². The fraction of sp³-hybridized carbons (Fsp3) is 0.263. The zero-order valence-corrected chi connectivity index (χ0v) is 16.7. The first-order valence-corrected chi connectivity index (χ1v) is 10.1. The summed E-state index contributed by atoms with van der Waals surface area (Å²) in [4.78, 5) is 24.7. The second kappa shape index (κ2) is 10.9. The highest BCUT2D eigenvalue weighted by molar-refractivity contribution is 9.10. The first-order valence-electron chi connectivity index (χ1n) is 8.30. The summed E-state index contributed by atoms with van der Waals surface area (Å²) in [5.74, 6) is 0.812. The molecule has 5 nitrogen and oxygen atoms in total. The number of nitrogens with one attached hydrogen (secondary N) is 2. The maximum absolute atomic E-state index is 12.2. The second-order valence-electron chi connectivity index (χ2n) is 5.69. The number of primary amides is 1. The third-order valence-electron chi connectivity index (χ3n) is 3.61. The van der Waals surface area contributed by atoms with E-state index < -0.39 is 12.1 Å². The molecule has 4 N–H and O–H groups in total. The Morgan fingerprint density at radius 1 is 1.12 bits per heavy atom. The van der Waals surface area contributed by atoms with Crippen molar-refractivity contribution in [1.82, 2.24) is 10.6 Å². The molecule has 2 aromatic rings. The molecule has 0 spiro atoms. The Balaban J connectivity index is 1.77. The number of hydrogen-bond acceptors (Lipinski definition) is 3. The molecule has 2 aromatic carbocycles. The maximum atomic E-state index is 12.2. The predicted molar refractivity (Wildman–Crippen MR) is 109 cm³/mol. The predicted octanol–water partition coefficient (Wildman–Crippen LogP) is 3.85. The van der Waals surface area contributed by atoms with E-state index in [9.17, 15) is 9.59 Å². The van der Waals surface area contributed by atoms with E-state index in [1.54, 1.807) is 11.8 Å². The summed E-state index contributed by atoms with van der Waals surface area (Å²) < 4.78 is 0.879. The van der Waals surface area contributed by atoms with Gasteiger partial charge in [-0.2, -0.15) is 0 Å². The lowest BCUT2D eigenvalue weighted by atomic mass is 10.0. The number of urea groups is 1. The van der Waals surface area contributed by atoms with E-state index in [1.165, 1.54) is 4.90 Å². The number of carbonyl (C=O) groups is 2. The smallest absolute Gasteiger partial charge is 0.312 e. The van der Waals surface area contributed by atoms with Crippen LogP contribution in [0.3, 0.4) is 0 Å². The number of thioether (sulfide) groups is 1. The minimum Gasteiger partial charge on any atom is -0.356 e. The Kier molecular flexibility index (Phi) is 8.50. The first-order chi connectivity index (χ1) is 12.5. The summed E-state index contributed by atoms with van der Waals surface area (Å²) in [6, 6.07) is 16.5. The van der Waals surface area contributed by atoms with Gasteiger partial charge in [0.05, 0.1) is 12.5 Å². The van der Waals surface area contributed by atoms with E-state index in [4.69, 9.17) is 5.73 Å². The number of halogens is 1. The highest BCUT2D eigenvalue weighted by Gasteiger charge is 2.17. The van der Waals surface area contributed by atoms with Crippen LogP contribution in [0.2, 0.25) is 0 Å². The summed E-state index contributed by atoms with van der Waals surface area (Å²) >= 11 is 5.16. The number of benzene rings is 2. The van der Waals surface area contributed by atoms with Gasteiger partial charge in [0.2, 0.25) is 5.91 Å². The zero-order chi connectivity index (χ0) is 18.8. The number of hydrogen-bond donors (Lipinski definition) is 3. The molecule has 0 aliphatic carbocycles. The Bertz CT molecular complexity index is 728. The fourth-order valence-electron chi connectivity index (χ4n) is 2.41. The van der Waals surface area contributed by atoms with Gasteiger partial charge in [0.25, 0.3) is 0 Å². The molecule has 26 heavy (non-hydrogen) atoms. The van der Waals surface area contributed by atoms with Crippen LogP contribution in [0.1, 0.15) is 24.4 Å². The summed E-state index contributed by atoms with van der Waals surface area (Å²) in [5.41, 5.74) is 6.07. The molecule has 0 aliphatic rings. The van der Waals surface area contributed by atoms with Crippen LogP contribution in [-0.2, 0) is 4.79 Å². The van der Waals surface area contributed by atoms with Crippen LogP contribution in [0.5, 0.6) is 0 Å². The van der Waals surface area contributed by atoms with E-state index in [0.717, 1.165) is 22.2 Å². The van der Waals surface area contributed by atoms with Crippen LogP contribution in [0.25, 0.3) is 0 Å². The van der Waals surface area contributed by atoms with Crippen LogP contribution in [-0.4, -0.2) is 24.2 Å². The van der Waals surface area contributed by atoms with Crippen LogP contribution in [0.15, 0.2) is 64.0 Å². The van der Waals surface area contributed by atoms with Crippen molar-refractivity contribution in [2.24, 2.45) is 5.73 Å². The third-order valence-corrected chi connectivity index (χ3v) is 5.20. The highest BCUT2D eigenvalue weighted by atomic mass is 79.9. The van der Waals surface area contributed by atoms with Crippen molar-refractivity contribution >= 4 is 39.6 Å². The van der Waals surface area contributed by atoms with E-state index in [0.29, 0.717) is 6.54 Å². The molecular weight excluding hydrogens is 414 g/mol. The summed E-state index contributed by atoms with van der Waals surface area (Å²) in [6.45, 7) is 0.598. The average Bonchev–Trinajstić information content (AvgIpc) is 2.61. The monoisotopic (exact) mass is 435 g/mol. The zero-order valence-electron chi connectivity index (χ0n) is 14.3. The largest absolute Gasteiger partial charge is 0.356 e. The molecule has 0 aromatic heterocycles. The summed E-state index contributed by atoms with van der Waals surface area (Å²) in [5, 5.41) is 5.53. The fourth-order valence-corrected chi connectivity index (χ4v) is 3.70. The van der Waals surface area contributed by atoms with Gasteiger partial charge in [0, 0.05) is 15.9 Å². The molecular formula is C19H22BrN3O2S. The minimum atomic E-state index is -0.651. The maximum Gasteiger partial charge on any atom is 0.312 e. The highest BCUT2D eigenvalue weighted by Crippen LogP contribution is 2.21. The first kappa shape index (κ1) is 20.3. The van der Waals surface area contributed by atoms with E-state index in [1.807, 2.05) is 42.5 Å². The molecule has 0 saturated heterocycles. The van der Waals surface area contributed by atoms with E-state index in [2.05, 4.69) is 38.7 Å². The van der Waals surface area contributed by atoms with E-state index in [-0.39, 0.29) is 12.3 Å². The Morgan fingerprint density at radius 3 is 2.58 bits per heavy atom. The van der Waals surface area contributed by atoms with Crippen molar-refractivity contribution in [1.29, 1.82) is 0 Å². The molecule has 3 amide bonds. The van der Waals surface area contributed by atoms with Crippen molar-refractivity contribution in [3.63, 3.8) is 0 Å². The van der Waals surface area contributed by atoms with Gasteiger partial charge in [0.15, 0.2) is 0 Å². The van der Waals surface area contributed by atoms with Gasteiger partial charge in [-0.25, -0.2) is 4.79 Å². The van der Waals surface area contributed by atoms with Crippen LogP contribution in [0, 0.1) is 0 Å². The lowest BCUT2D eigenvalue weighted by Crippen LogP contribution is -2.37. The van der Waals surface area contributed by atoms with Crippen molar-refractivity contribution in [2.45, 2.75) is 23.8 Å². The lowest BCUT2D eigenvalue weighted by Gasteiger charge is -2.18. The topological polar surface area (TPSA) is 84.2 Å². The molecule has 0 fully saturated rings. The summed E-state index contributed by atoms with van der Waals surface area (Å²) in [6.07, 6.45) is 1.02. The average molecular weight is 436 g/mol. The Hall–Kier alpha value is -1.99. The lowest BCUT2D eigenvalue weighted by molar-refractivity contribution is -0.121. The van der Waals surface area contributed by atoms with Crippen molar-refractivity contribution in [3.8, 4) is 0 Å². The third kappa shape index (κ3) is 7.49. The molecule has 138 valence electrons. The number of nitrogens with two attached hydrogens (primary N) is 1. The van der Waals surface area contributed by atoms with Crippen molar-refractivity contribution in [2.75, 3.05) is 12.3 Å². The quantitative estimate of drug-likeness (QED) is 0.413. The van der Waals surface area contributed by atoms with Crippen LogP contribution in [0.4, 0.5) is 4.79 Å². The molecule has 0 heterocycles. The second-order valence-corrected chi connectivity index (χ2v) is 7.77. The minimum absolute atomic E-state index is 0.117. The number of amides is 3. The molecule has 7 heteroatoms. The normalized spacial score (nSPS) is 11.6. The SMILES string of the molecule is NC(=O)N[C@H](CC(=O)NCCCSc1ccccc1)c1cccc(Br)c1. The van der Waals surface area contributed by atoms with Crippen molar-refractivity contribution < 1.29 is 9.59 Å². The molecule has 0 bridgehead atoms. The van der Waals surface area contributed by atoms with E-state index >= 15 is 0 Å². The molecule has 0 radical (unpaired) electrons. The van der Waals surface area contributed by atoms with Gasteiger partial charge in [-0.1, -0.05) is 46.3 Å². The van der Waals surface area contributed by atoms with Gasteiger partial charge in [-0.05, 0) is 42.0 Å². The molecule has 0 unspecified atom stereocenters. The molecule has 0 aliphatic heterocycles. The van der Waals surface area contributed by atoms with Gasteiger partial charge >= 0.3 is 6.03 Å². The molecule has 2 rings (SSSR count).